The highest BCUT2D eigenvalue weighted by atomic mass is 35.5. The van der Waals surface area contributed by atoms with Gasteiger partial charge in [-0.05, 0) is 12.0 Å². The van der Waals surface area contributed by atoms with Crippen LogP contribution in [-0.2, 0) is 4.79 Å². The van der Waals surface area contributed by atoms with Crippen molar-refractivity contribution in [1.82, 2.24) is 4.90 Å². The molecule has 1 amide bonds. The Bertz CT molecular complexity index is 417. The lowest BCUT2D eigenvalue weighted by molar-refractivity contribution is -0.137. The topological polar surface area (TPSA) is 46.3 Å². The highest BCUT2D eigenvalue weighted by Gasteiger charge is 2.27. The van der Waals surface area contributed by atoms with Gasteiger partial charge in [0.1, 0.15) is 0 Å². The zero-order chi connectivity index (χ0) is 15.1. The first-order valence-electron chi connectivity index (χ1n) is 6.84. The summed E-state index contributed by atoms with van der Waals surface area (Å²) in [4.78, 5) is 13.5. The summed E-state index contributed by atoms with van der Waals surface area (Å²) in [5, 5.41) is 0. The van der Waals surface area contributed by atoms with E-state index in [1.54, 1.807) is 6.92 Å². The van der Waals surface area contributed by atoms with Crippen molar-refractivity contribution in [3.8, 4) is 0 Å². The second-order valence-electron chi connectivity index (χ2n) is 4.90. The maximum absolute atomic E-state index is 12.5. The number of hydrogen-bond acceptors (Lipinski definition) is 2. The highest BCUT2D eigenvalue weighted by Crippen LogP contribution is 2.21. The molecular formula is C15H23ClF2N2O. The lowest BCUT2D eigenvalue weighted by Crippen LogP contribution is -2.42. The minimum Gasteiger partial charge on any atom is -0.337 e. The van der Waals surface area contributed by atoms with Crippen LogP contribution in [0.15, 0.2) is 30.3 Å². The molecule has 0 saturated carbocycles. The molecule has 0 aliphatic rings. The second kappa shape index (κ2) is 9.68. The van der Waals surface area contributed by atoms with Gasteiger partial charge in [0.05, 0.1) is 12.5 Å². The van der Waals surface area contributed by atoms with Gasteiger partial charge in [-0.3, -0.25) is 4.79 Å². The maximum atomic E-state index is 12.5. The quantitative estimate of drug-likeness (QED) is 0.838. The van der Waals surface area contributed by atoms with Gasteiger partial charge in [0.2, 0.25) is 5.91 Å². The Kier molecular flexibility index (Phi) is 9.13. The highest BCUT2D eigenvalue weighted by molar-refractivity contribution is 5.85. The summed E-state index contributed by atoms with van der Waals surface area (Å²) in [6.45, 7) is 3.34. The molecule has 3 nitrogen and oxygen atoms in total. The number of carbonyl (C=O) groups is 1. The van der Waals surface area contributed by atoms with Crippen LogP contribution in [0.25, 0.3) is 0 Å². The summed E-state index contributed by atoms with van der Waals surface area (Å²) in [5.74, 6) is -0.841. The van der Waals surface area contributed by atoms with Crippen molar-refractivity contribution in [1.29, 1.82) is 0 Å². The first kappa shape index (κ1) is 19.8. The first-order chi connectivity index (χ1) is 9.47. The summed E-state index contributed by atoms with van der Waals surface area (Å²) in [6, 6.07) is 8.74. The third-order valence-corrected chi connectivity index (χ3v) is 3.28. The van der Waals surface area contributed by atoms with Crippen LogP contribution in [0.2, 0.25) is 0 Å². The Morgan fingerprint density at radius 3 is 2.33 bits per heavy atom. The summed E-state index contributed by atoms with van der Waals surface area (Å²) in [5.41, 5.74) is 6.90. The average Bonchev–Trinajstić information content (AvgIpc) is 2.45. The van der Waals surface area contributed by atoms with E-state index in [9.17, 15) is 13.6 Å². The first-order valence-corrected chi connectivity index (χ1v) is 6.84. The van der Waals surface area contributed by atoms with Crippen molar-refractivity contribution in [2.75, 3.05) is 13.1 Å². The molecule has 0 saturated heterocycles. The number of nitrogens with two attached hydrogens (primary N) is 1. The molecule has 0 radical (unpaired) electrons. The molecule has 0 heterocycles. The molecule has 1 aromatic rings. The van der Waals surface area contributed by atoms with Crippen LogP contribution in [0.3, 0.4) is 0 Å². The number of halogens is 3. The third kappa shape index (κ3) is 5.98. The second-order valence-corrected chi connectivity index (χ2v) is 4.90. The van der Waals surface area contributed by atoms with Gasteiger partial charge < -0.3 is 10.6 Å². The van der Waals surface area contributed by atoms with E-state index >= 15 is 0 Å². The van der Waals surface area contributed by atoms with E-state index in [-0.39, 0.29) is 18.3 Å². The number of amides is 1. The Hall–Kier alpha value is -1.20. The monoisotopic (exact) mass is 320 g/mol. The van der Waals surface area contributed by atoms with Gasteiger partial charge in [0.25, 0.3) is 6.43 Å². The lowest BCUT2D eigenvalue weighted by Gasteiger charge is -2.28. The molecule has 1 rings (SSSR count). The van der Waals surface area contributed by atoms with Gasteiger partial charge in [-0.2, -0.15) is 0 Å². The molecule has 2 atom stereocenters. The molecule has 0 fully saturated rings. The van der Waals surface area contributed by atoms with Gasteiger partial charge >= 0.3 is 0 Å². The van der Waals surface area contributed by atoms with E-state index in [1.165, 1.54) is 4.90 Å². The molecule has 120 valence electrons. The van der Waals surface area contributed by atoms with E-state index in [0.717, 1.165) is 5.56 Å². The van der Waals surface area contributed by atoms with Gasteiger partial charge in [0.15, 0.2) is 0 Å². The smallest absolute Gasteiger partial charge is 0.255 e. The van der Waals surface area contributed by atoms with Crippen LogP contribution in [0.1, 0.15) is 31.9 Å². The Balaban J connectivity index is 0.00000400. The molecule has 2 N–H and O–H groups in total. The molecule has 6 heteroatoms. The summed E-state index contributed by atoms with van der Waals surface area (Å²) >= 11 is 0. The number of hydrogen-bond donors (Lipinski definition) is 1. The third-order valence-electron chi connectivity index (χ3n) is 3.28. The predicted octanol–water partition coefficient (Wildman–Crippen LogP) is 3.25. The van der Waals surface area contributed by atoms with Crippen LogP contribution < -0.4 is 5.73 Å². The minimum absolute atomic E-state index is 0. The SMILES string of the molecule is CCCN(CC(F)F)C(=O)C(C)C(N)c1ccccc1.Cl. The zero-order valence-corrected chi connectivity index (χ0v) is 13.2. The average molecular weight is 321 g/mol. The predicted molar refractivity (Wildman–Crippen MR) is 82.7 cm³/mol. The number of alkyl halides is 2. The van der Waals surface area contributed by atoms with Gasteiger partial charge in [-0.15, -0.1) is 12.4 Å². The largest absolute Gasteiger partial charge is 0.337 e. The van der Waals surface area contributed by atoms with Gasteiger partial charge in [-0.25, -0.2) is 8.78 Å². The Labute approximate surface area is 130 Å². The van der Waals surface area contributed by atoms with Crippen molar-refractivity contribution in [2.24, 2.45) is 11.7 Å². The molecule has 0 aliphatic heterocycles. The summed E-state index contributed by atoms with van der Waals surface area (Å²) in [7, 11) is 0. The molecule has 0 spiro atoms. The van der Waals surface area contributed by atoms with Crippen LogP contribution in [0, 0.1) is 5.92 Å². The van der Waals surface area contributed by atoms with Crippen molar-refractivity contribution in [3.05, 3.63) is 35.9 Å². The van der Waals surface area contributed by atoms with Crippen LogP contribution in [0.4, 0.5) is 8.78 Å². The van der Waals surface area contributed by atoms with E-state index in [1.807, 2.05) is 37.3 Å². The summed E-state index contributed by atoms with van der Waals surface area (Å²) < 4.78 is 25.1. The maximum Gasteiger partial charge on any atom is 0.255 e. The Morgan fingerprint density at radius 1 is 1.29 bits per heavy atom. The van der Waals surface area contributed by atoms with E-state index in [4.69, 9.17) is 5.73 Å². The molecule has 0 bridgehead atoms. The molecule has 0 aliphatic carbocycles. The van der Waals surface area contributed by atoms with Gasteiger partial charge in [0, 0.05) is 12.6 Å². The standard InChI is InChI=1S/C15H22F2N2O.ClH/c1-3-9-19(10-13(16)17)15(20)11(2)14(18)12-7-5-4-6-8-12;/h4-8,11,13-14H,3,9-10,18H2,1-2H3;1H. The van der Waals surface area contributed by atoms with Crippen LogP contribution >= 0.6 is 12.4 Å². The minimum atomic E-state index is -2.52. The van der Waals surface area contributed by atoms with Crippen molar-refractivity contribution < 1.29 is 13.6 Å². The van der Waals surface area contributed by atoms with Crippen molar-refractivity contribution in [3.63, 3.8) is 0 Å². The number of carbonyl (C=O) groups excluding carboxylic acids is 1. The Morgan fingerprint density at radius 2 is 1.86 bits per heavy atom. The normalized spacial score (nSPS) is 13.4. The summed E-state index contributed by atoms with van der Waals surface area (Å²) in [6.07, 6.45) is -1.88. The fourth-order valence-corrected chi connectivity index (χ4v) is 2.13. The molecule has 0 aromatic heterocycles. The van der Waals surface area contributed by atoms with Crippen molar-refractivity contribution >= 4 is 18.3 Å². The molecule has 2 unspecified atom stereocenters. The van der Waals surface area contributed by atoms with Crippen molar-refractivity contribution in [2.45, 2.75) is 32.7 Å². The number of nitrogens with zero attached hydrogens (tertiary/aromatic N) is 1. The molecule has 21 heavy (non-hydrogen) atoms. The van der Waals surface area contributed by atoms with Gasteiger partial charge in [-0.1, -0.05) is 44.2 Å². The fraction of sp³-hybridized carbons (Fsp3) is 0.533. The molecule has 1 aromatic carbocycles. The van der Waals surface area contributed by atoms with Crippen LogP contribution in [0.5, 0.6) is 0 Å². The zero-order valence-electron chi connectivity index (χ0n) is 12.3. The fourth-order valence-electron chi connectivity index (χ4n) is 2.13. The van der Waals surface area contributed by atoms with E-state index in [2.05, 4.69) is 0 Å². The van der Waals surface area contributed by atoms with E-state index < -0.39 is 24.9 Å². The lowest BCUT2D eigenvalue weighted by atomic mass is 9.94. The molecular weight excluding hydrogens is 298 g/mol. The van der Waals surface area contributed by atoms with E-state index in [0.29, 0.717) is 13.0 Å². The number of benzene rings is 1. The number of rotatable bonds is 7. The van der Waals surface area contributed by atoms with Crippen LogP contribution in [-0.4, -0.2) is 30.3 Å².